The third-order valence-corrected chi connectivity index (χ3v) is 3.39. The van der Waals surface area contributed by atoms with Crippen LogP contribution in [0.15, 0.2) is 0 Å². The van der Waals surface area contributed by atoms with Crippen molar-refractivity contribution in [3.63, 3.8) is 0 Å². The van der Waals surface area contributed by atoms with Gasteiger partial charge >= 0.3 is 24.0 Å². The normalized spacial score (nSPS) is 13.5. The van der Waals surface area contributed by atoms with Crippen molar-refractivity contribution < 1.29 is 41.0 Å². The molecular formula is C15H23F5O4. The maximum atomic E-state index is 12.5. The molecule has 4 nitrogen and oxygen atoms in total. The molecule has 1 atom stereocenters. The molecule has 0 aliphatic rings. The zero-order chi connectivity index (χ0) is 18.8. The Bertz CT molecular complexity index is 396. The van der Waals surface area contributed by atoms with Gasteiger partial charge in [-0.15, -0.1) is 0 Å². The van der Waals surface area contributed by atoms with E-state index in [2.05, 4.69) is 4.74 Å². The monoisotopic (exact) mass is 362 g/mol. The average molecular weight is 362 g/mol. The molecule has 0 saturated heterocycles. The Kier molecular flexibility index (Phi) is 9.84. The molecule has 0 N–H and O–H groups in total. The molecule has 0 saturated carbocycles. The summed E-state index contributed by atoms with van der Waals surface area (Å²) in [5.41, 5.74) is 0. The van der Waals surface area contributed by atoms with Crippen molar-refractivity contribution in [3.8, 4) is 0 Å². The summed E-state index contributed by atoms with van der Waals surface area (Å²) in [5, 5.41) is 0. The lowest BCUT2D eigenvalue weighted by Gasteiger charge is -2.19. The van der Waals surface area contributed by atoms with Crippen LogP contribution >= 0.6 is 0 Å². The lowest BCUT2D eigenvalue weighted by molar-refractivity contribution is -0.294. The van der Waals surface area contributed by atoms with Crippen LogP contribution in [-0.4, -0.2) is 37.3 Å². The second kappa shape index (κ2) is 10.5. The van der Waals surface area contributed by atoms with Crippen LogP contribution in [0.2, 0.25) is 0 Å². The Balaban J connectivity index is 4.04. The van der Waals surface area contributed by atoms with Crippen LogP contribution in [0, 0.1) is 5.92 Å². The van der Waals surface area contributed by atoms with Crippen LogP contribution in [0.1, 0.15) is 52.4 Å². The lowest BCUT2D eigenvalue weighted by Crippen LogP contribution is -2.41. The molecule has 0 spiro atoms. The van der Waals surface area contributed by atoms with Gasteiger partial charge in [-0.3, -0.25) is 9.59 Å². The molecule has 0 radical (unpaired) electrons. The fraction of sp³-hybridized carbons (Fsp3) is 0.867. The van der Waals surface area contributed by atoms with E-state index >= 15 is 0 Å². The summed E-state index contributed by atoms with van der Waals surface area (Å²) in [6, 6.07) is 0. The van der Waals surface area contributed by atoms with Gasteiger partial charge in [0, 0.05) is 0 Å². The van der Waals surface area contributed by atoms with Crippen LogP contribution in [0.25, 0.3) is 0 Å². The number of hydrogen-bond acceptors (Lipinski definition) is 4. The summed E-state index contributed by atoms with van der Waals surface area (Å²) in [5.74, 6) is -6.94. The number of ether oxygens (including phenoxy) is 2. The molecule has 9 heteroatoms. The van der Waals surface area contributed by atoms with Gasteiger partial charge < -0.3 is 9.47 Å². The van der Waals surface area contributed by atoms with E-state index in [4.69, 9.17) is 4.74 Å². The number of rotatable bonds is 11. The SMILES string of the molecule is CCCCC(CC)COC(=O)CCC(=O)OCC(F)(F)C(F)(F)F. The Morgan fingerprint density at radius 3 is 1.96 bits per heavy atom. The third-order valence-electron chi connectivity index (χ3n) is 3.39. The number of carbonyl (C=O) groups excluding carboxylic acids is 2. The number of alkyl halides is 5. The highest BCUT2D eigenvalue weighted by atomic mass is 19.4. The first kappa shape index (κ1) is 22.6. The molecule has 0 heterocycles. The molecule has 1 unspecified atom stereocenters. The standard InChI is InChI=1S/C15H23F5O4/c1-3-5-6-11(4-2)9-23-12(21)7-8-13(22)24-10-14(16,17)15(18,19)20/h11H,3-10H2,1-2H3. The zero-order valence-electron chi connectivity index (χ0n) is 13.8. The second-order valence-corrected chi connectivity index (χ2v) is 5.46. The van der Waals surface area contributed by atoms with Crippen molar-refractivity contribution in [3.05, 3.63) is 0 Å². The second-order valence-electron chi connectivity index (χ2n) is 5.46. The largest absolute Gasteiger partial charge is 0.465 e. The first-order chi connectivity index (χ1) is 11.0. The van der Waals surface area contributed by atoms with Gasteiger partial charge in [0.1, 0.15) is 0 Å². The molecule has 0 amide bonds. The fourth-order valence-electron chi connectivity index (χ4n) is 1.71. The molecule has 0 bridgehead atoms. The molecule has 0 aromatic heterocycles. The average Bonchev–Trinajstić information content (AvgIpc) is 2.50. The maximum absolute atomic E-state index is 12.5. The van der Waals surface area contributed by atoms with Crippen molar-refractivity contribution in [2.45, 2.75) is 64.5 Å². The minimum atomic E-state index is -5.79. The number of esters is 2. The van der Waals surface area contributed by atoms with Gasteiger partial charge in [-0.2, -0.15) is 22.0 Å². The van der Waals surface area contributed by atoms with Crippen molar-refractivity contribution in [2.75, 3.05) is 13.2 Å². The van der Waals surface area contributed by atoms with E-state index in [-0.39, 0.29) is 12.5 Å². The molecule has 0 fully saturated rings. The molecule has 0 aliphatic carbocycles. The Hall–Kier alpha value is -1.41. The number of unbranched alkanes of at least 4 members (excludes halogenated alkanes) is 1. The Morgan fingerprint density at radius 2 is 1.50 bits per heavy atom. The number of halogens is 5. The van der Waals surface area contributed by atoms with Gasteiger partial charge in [0.2, 0.25) is 0 Å². The molecule has 0 aromatic carbocycles. The fourth-order valence-corrected chi connectivity index (χ4v) is 1.71. The summed E-state index contributed by atoms with van der Waals surface area (Å²) in [6.07, 6.45) is -3.11. The van der Waals surface area contributed by atoms with Crippen molar-refractivity contribution in [1.29, 1.82) is 0 Å². The first-order valence-corrected chi connectivity index (χ1v) is 7.79. The Morgan fingerprint density at radius 1 is 0.958 bits per heavy atom. The highest BCUT2D eigenvalue weighted by molar-refractivity contribution is 5.77. The van der Waals surface area contributed by atoms with Crippen molar-refractivity contribution >= 4 is 11.9 Å². The smallest absolute Gasteiger partial charge is 0.456 e. The molecule has 24 heavy (non-hydrogen) atoms. The lowest BCUT2D eigenvalue weighted by atomic mass is 10.0. The quantitative estimate of drug-likeness (QED) is 0.407. The van der Waals surface area contributed by atoms with E-state index in [0.717, 1.165) is 25.7 Å². The first-order valence-electron chi connectivity index (χ1n) is 7.79. The van der Waals surface area contributed by atoms with Gasteiger partial charge in [-0.05, 0) is 12.3 Å². The molecule has 0 rings (SSSR count). The van der Waals surface area contributed by atoms with Crippen LogP contribution in [0.4, 0.5) is 22.0 Å². The predicted octanol–water partition coefficient (Wildman–Crippen LogP) is 4.27. The van der Waals surface area contributed by atoms with E-state index in [0.29, 0.717) is 0 Å². The third kappa shape index (κ3) is 9.02. The minimum Gasteiger partial charge on any atom is -0.465 e. The van der Waals surface area contributed by atoms with Crippen LogP contribution in [-0.2, 0) is 19.1 Å². The van der Waals surface area contributed by atoms with Crippen LogP contribution in [0.3, 0.4) is 0 Å². The van der Waals surface area contributed by atoms with E-state index < -0.39 is 43.5 Å². The summed E-state index contributed by atoms with van der Waals surface area (Å²) in [6.45, 7) is 2.08. The van der Waals surface area contributed by atoms with Gasteiger partial charge in [0.25, 0.3) is 0 Å². The molecule has 0 aromatic rings. The molecule has 142 valence electrons. The van der Waals surface area contributed by atoms with Crippen LogP contribution in [0.5, 0.6) is 0 Å². The van der Waals surface area contributed by atoms with E-state index in [1.54, 1.807) is 0 Å². The highest BCUT2D eigenvalue weighted by Gasteiger charge is 2.58. The van der Waals surface area contributed by atoms with E-state index in [9.17, 15) is 31.5 Å². The molecule has 0 aliphatic heterocycles. The maximum Gasteiger partial charge on any atom is 0.456 e. The van der Waals surface area contributed by atoms with Gasteiger partial charge in [-0.25, -0.2) is 0 Å². The van der Waals surface area contributed by atoms with E-state index in [1.165, 1.54) is 0 Å². The zero-order valence-corrected chi connectivity index (χ0v) is 13.8. The highest BCUT2D eigenvalue weighted by Crippen LogP contribution is 2.35. The Labute approximate surface area is 137 Å². The number of hydrogen-bond donors (Lipinski definition) is 0. The number of carbonyl (C=O) groups is 2. The summed E-state index contributed by atoms with van der Waals surface area (Å²) in [4.78, 5) is 22.6. The minimum absolute atomic E-state index is 0.191. The summed E-state index contributed by atoms with van der Waals surface area (Å²) >= 11 is 0. The topological polar surface area (TPSA) is 52.6 Å². The van der Waals surface area contributed by atoms with Gasteiger partial charge in [0.05, 0.1) is 19.4 Å². The van der Waals surface area contributed by atoms with E-state index in [1.807, 2.05) is 13.8 Å². The van der Waals surface area contributed by atoms with Gasteiger partial charge in [0.15, 0.2) is 6.61 Å². The van der Waals surface area contributed by atoms with Crippen LogP contribution < -0.4 is 0 Å². The van der Waals surface area contributed by atoms with Gasteiger partial charge in [-0.1, -0.05) is 33.1 Å². The van der Waals surface area contributed by atoms with Crippen molar-refractivity contribution in [2.24, 2.45) is 5.92 Å². The molecular weight excluding hydrogens is 339 g/mol. The summed E-state index contributed by atoms with van der Waals surface area (Å²) in [7, 11) is 0. The van der Waals surface area contributed by atoms with Crippen molar-refractivity contribution in [1.82, 2.24) is 0 Å². The predicted molar refractivity (Wildman–Crippen MR) is 75.5 cm³/mol. The summed E-state index contributed by atoms with van der Waals surface area (Å²) < 4.78 is 69.6.